The lowest BCUT2D eigenvalue weighted by molar-refractivity contribution is 0.0964. The smallest absolute Gasteiger partial charge is 0.253 e. The molecule has 1 aromatic heterocycles. The number of amides is 1. The van der Waals surface area contributed by atoms with Crippen molar-refractivity contribution in [1.29, 1.82) is 0 Å². The number of aromatic nitrogens is 2. The maximum atomic E-state index is 11.8. The molecule has 1 aromatic carbocycles. The van der Waals surface area contributed by atoms with E-state index in [0.717, 1.165) is 5.56 Å². The van der Waals surface area contributed by atoms with Gasteiger partial charge in [-0.1, -0.05) is 0 Å². The number of carbonyl (C=O) groups excluding carboxylic acids is 1. The zero-order valence-electron chi connectivity index (χ0n) is 11.0. The first-order chi connectivity index (χ1) is 9.10. The summed E-state index contributed by atoms with van der Waals surface area (Å²) in [5.74, 6) is -0.145. The van der Waals surface area contributed by atoms with Crippen LogP contribution in [0.25, 0.3) is 0 Å². The molecule has 6 nitrogen and oxygen atoms in total. The Morgan fingerprint density at radius 2 is 2.26 bits per heavy atom. The molecule has 1 heterocycles. The van der Waals surface area contributed by atoms with Crippen molar-refractivity contribution < 1.29 is 4.79 Å². The second-order valence-corrected chi connectivity index (χ2v) is 4.26. The van der Waals surface area contributed by atoms with Gasteiger partial charge in [0.25, 0.3) is 5.91 Å². The fourth-order valence-corrected chi connectivity index (χ4v) is 1.80. The fraction of sp³-hybridized carbons (Fsp3) is 0.231. The second kappa shape index (κ2) is 5.43. The lowest BCUT2D eigenvalue weighted by Crippen LogP contribution is -2.19. The molecule has 0 bridgehead atoms. The number of hydrogen-bond acceptors (Lipinski definition) is 4. The first-order valence-electron chi connectivity index (χ1n) is 5.93. The third-order valence-corrected chi connectivity index (χ3v) is 2.76. The zero-order chi connectivity index (χ0) is 13.8. The largest absolute Gasteiger partial charge is 0.399 e. The summed E-state index contributed by atoms with van der Waals surface area (Å²) in [4.78, 5) is 11.8. The van der Waals surface area contributed by atoms with Crippen molar-refractivity contribution in [3.05, 3.63) is 41.7 Å². The molecule has 0 spiro atoms. The number of nitrogens with two attached hydrogens (primary N) is 1. The molecule has 0 aliphatic heterocycles. The van der Waals surface area contributed by atoms with Gasteiger partial charge in [0.2, 0.25) is 0 Å². The number of aryl methyl sites for hydroxylation is 1. The van der Waals surface area contributed by atoms with Gasteiger partial charge >= 0.3 is 0 Å². The van der Waals surface area contributed by atoms with Gasteiger partial charge in [0, 0.05) is 43.8 Å². The first-order valence-corrected chi connectivity index (χ1v) is 5.93. The Hall–Kier alpha value is -2.50. The number of nitrogen functional groups attached to an aromatic ring is 1. The number of hydrogen-bond donors (Lipinski definition) is 3. The summed E-state index contributed by atoms with van der Waals surface area (Å²) in [6.07, 6.45) is 3.69. The van der Waals surface area contributed by atoms with Gasteiger partial charge in [-0.3, -0.25) is 9.48 Å². The van der Waals surface area contributed by atoms with Crippen LogP contribution in [0.2, 0.25) is 0 Å². The minimum atomic E-state index is -0.145. The van der Waals surface area contributed by atoms with E-state index < -0.39 is 0 Å². The third-order valence-electron chi connectivity index (χ3n) is 2.76. The molecule has 6 heteroatoms. The molecule has 1 amide bonds. The van der Waals surface area contributed by atoms with Crippen LogP contribution in [-0.4, -0.2) is 22.7 Å². The van der Waals surface area contributed by atoms with E-state index in [0.29, 0.717) is 23.5 Å². The molecule has 4 N–H and O–H groups in total. The third kappa shape index (κ3) is 3.04. The summed E-state index contributed by atoms with van der Waals surface area (Å²) in [6, 6.07) is 5.17. The average Bonchev–Trinajstić information content (AvgIpc) is 2.81. The summed E-state index contributed by atoms with van der Waals surface area (Å²) in [7, 11) is 3.46. The maximum Gasteiger partial charge on any atom is 0.253 e. The van der Waals surface area contributed by atoms with Crippen LogP contribution in [0.5, 0.6) is 0 Å². The molecule has 0 unspecified atom stereocenters. The van der Waals surface area contributed by atoms with E-state index in [-0.39, 0.29) is 5.91 Å². The normalized spacial score (nSPS) is 10.2. The van der Waals surface area contributed by atoms with Crippen LogP contribution >= 0.6 is 0 Å². The summed E-state index contributed by atoms with van der Waals surface area (Å²) < 4.78 is 1.73. The number of anilines is 2. The molecular formula is C13H17N5O. The van der Waals surface area contributed by atoms with Crippen LogP contribution in [0, 0.1) is 0 Å². The molecule has 19 heavy (non-hydrogen) atoms. The van der Waals surface area contributed by atoms with Gasteiger partial charge in [0.15, 0.2) is 0 Å². The molecule has 0 fully saturated rings. The topological polar surface area (TPSA) is 85.0 Å². The van der Waals surface area contributed by atoms with E-state index in [1.54, 1.807) is 36.1 Å². The molecule has 0 atom stereocenters. The monoisotopic (exact) mass is 259 g/mol. The van der Waals surface area contributed by atoms with Crippen LogP contribution in [0.4, 0.5) is 11.4 Å². The highest BCUT2D eigenvalue weighted by Crippen LogP contribution is 2.20. The standard InChI is InChI=1S/C13H17N5O/c1-15-13(19)11-4-3-10(14)5-12(11)16-6-9-7-17-18(2)8-9/h3-5,7-8,16H,6,14H2,1-2H3,(H,15,19). The van der Waals surface area contributed by atoms with Crippen LogP contribution in [0.15, 0.2) is 30.6 Å². The number of nitrogens with one attached hydrogen (secondary N) is 2. The maximum absolute atomic E-state index is 11.8. The van der Waals surface area contributed by atoms with Crippen LogP contribution < -0.4 is 16.4 Å². The van der Waals surface area contributed by atoms with Crippen molar-refractivity contribution in [2.75, 3.05) is 18.1 Å². The summed E-state index contributed by atoms with van der Waals surface area (Å²) in [6.45, 7) is 0.585. The zero-order valence-corrected chi connectivity index (χ0v) is 11.0. The lowest BCUT2D eigenvalue weighted by Gasteiger charge is -2.11. The van der Waals surface area contributed by atoms with Gasteiger partial charge in [-0.05, 0) is 18.2 Å². The van der Waals surface area contributed by atoms with E-state index in [4.69, 9.17) is 5.73 Å². The Kier molecular flexibility index (Phi) is 3.70. The van der Waals surface area contributed by atoms with Crippen molar-refractivity contribution in [3.8, 4) is 0 Å². The van der Waals surface area contributed by atoms with Gasteiger partial charge in [0.05, 0.1) is 11.8 Å². The Morgan fingerprint density at radius 1 is 1.47 bits per heavy atom. The predicted octanol–water partition coefficient (Wildman–Crippen LogP) is 0.974. The molecule has 0 aliphatic carbocycles. The molecule has 100 valence electrons. The number of carbonyl (C=O) groups is 1. The van der Waals surface area contributed by atoms with Crippen molar-refractivity contribution in [1.82, 2.24) is 15.1 Å². The predicted molar refractivity (Wildman–Crippen MR) is 74.8 cm³/mol. The molecular weight excluding hydrogens is 242 g/mol. The summed E-state index contributed by atoms with van der Waals surface area (Å²) in [5.41, 5.74) is 8.68. The van der Waals surface area contributed by atoms with Gasteiger partial charge in [-0.15, -0.1) is 0 Å². The van der Waals surface area contributed by atoms with Gasteiger partial charge in [-0.2, -0.15) is 5.10 Å². The Morgan fingerprint density at radius 3 is 2.89 bits per heavy atom. The van der Waals surface area contributed by atoms with Gasteiger partial charge in [-0.25, -0.2) is 0 Å². The Bertz CT molecular complexity index is 590. The van der Waals surface area contributed by atoms with Crippen molar-refractivity contribution in [2.45, 2.75) is 6.54 Å². The number of nitrogens with zero attached hydrogens (tertiary/aromatic N) is 2. The minimum Gasteiger partial charge on any atom is -0.399 e. The van der Waals surface area contributed by atoms with E-state index in [2.05, 4.69) is 15.7 Å². The minimum absolute atomic E-state index is 0.145. The van der Waals surface area contributed by atoms with E-state index in [1.807, 2.05) is 13.2 Å². The SMILES string of the molecule is CNC(=O)c1ccc(N)cc1NCc1cnn(C)c1. The highest BCUT2D eigenvalue weighted by Gasteiger charge is 2.10. The Balaban J connectivity index is 2.18. The highest BCUT2D eigenvalue weighted by atomic mass is 16.1. The van der Waals surface area contributed by atoms with Gasteiger partial charge in [0.1, 0.15) is 0 Å². The van der Waals surface area contributed by atoms with Crippen molar-refractivity contribution in [2.24, 2.45) is 7.05 Å². The van der Waals surface area contributed by atoms with Crippen LogP contribution in [0.3, 0.4) is 0 Å². The summed E-state index contributed by atoms with van der Waals surface area (Å²) in [5, 5.41) is 9.90. The van der Waals surface area contributed by atoms with Crippen molar-refractivity contribution >= 4 is 17.3 Å². The molecule has 0 saturated carbocycles. The first kappa shape index (κ1) is 12.9. The Labute approximate surface area is 111 Å². The number of rotatable bonds is 4. The number of benzene rings is 1. The van der Waals surface area contributed by atoms with Crippen LogP contribution in [0.1, 0.15) is 15.9 Å². The molecule has 2 aromatic rings. The molecule has 0 saturated heterocycles. The summed E-state index contributed by atoms with van der Waals surface area (Å²) >= 11 is 0. The molecule has 0 radical (unpaired) electrons. The highest BCUT2D eigenvalue weighted by molar-refractivity contribution is 6.00. The van der Waals surface area contributed by atoms with Gasteiger partial charge < -0.3 is 16.4 Å². The molecule has 0 aliphatic rings. The lowest BCUT2D eigenvalue weighted by atomic mass is 10.1. The quantitative estimate of drug-likeness (QED) is 0.714. The molecule has 2 rings (SSSR count). The van der Waals surface area contributed by atoms with E-state index in [9.17, 15) is 4.79 Å². The van der Waals surface area contributed by atoms with Crippen LogP contribution in [-0.2, 0) is 13.6 Å². The van der Waals surface area contributed by atoms with Crippen molar-refractivity contribution in [3.63, 3.8) is 0 Å². The second-order valence-electron chi connectivity index (χ2n) is 4.26. The average molecular weight is 259 g/mol. The fourth-order valence-electron chi connectivity index (χ4n) is 1.80. The van der Waals surface area contributed by atoms with E-state index >= 15 is 0 Å². The van der Waals surface area contributed by atoms with E-state index in [1.165, 1.54) is 0 Å².